The van der Waals surface area contributed by atoms with Crippen LogP contribution >= 0.6 is 0 Å². The number of aryl methyl sites for hydroxylation is 1. The summed E-state index contributed by atoms with van der Waals surface area (Å²) in [5.41, 5.74) is 0. The third-order valence-electron chi connectivity index (χ3n) is 2.84. The molecule has 1 aromatic rings. The zero-order valence-electron chi connectivity index (χ0n) is 10.1. The fourth-order valence-corrected chi connectivity index (χ4v) is 1.83. The zero-order valence-corrected chi connectivity index (χ0v) is 10.1. The number of imide groups is 1. The first-order valence-corrected chi connectivity index (χ1v) is 5.48. The van der Waals surface area contributed by atoms with E-state index in [1.165, 1.54) is 7.05 Å². The minimum atomic E-state index is -0.477. The number of hydrogen-bond acceptors (Lipinski definition) is 5. The summed E-state index contributed by atoms with van der Waals surface area (Å²) >= 11 is 0. The van der Waals surface area contributed by atoms with Gasteiger partial charge in [-0.2, -0.15) is 0 Å². The summed E-state index contributed by atoms with van der Waals surface area (Å²) in [7, 11) is 1.49. The van der Waals surface area contributed by atoms with Crippen LogP contribution in [0.1, 0.15) is 31.0 Å². The van der Waals surface area contributed by atoms with E-state index in [-0.39, 0.29) is 24.3 Å². The van der Waals surface area contributed by atoms with Crippen molar-refractivity contribution in [2.24, 2.45) is 0 Å². The van der Waals surface area contributed by atoms with Crippen molar-refractivity contribution in [3.05, 3.63) is 17.8 Å². The maximum atomic E-state index is 11.7. The maximum Gasteiger partial charge on any atom is 0.246 e. The van der Waals surface area contributed by atoms with E-state index in [0.29, 0.717) is 5.89 Å². The SMILES string of the molecule is Cc1cnc(C(C)NC2CC(=O)N(C)C2=O)o1. The van der Waals surface area contributed by atoms with E-state index in [2.05, 4.69) is 10.3 Å². The summed E-state index contributed by atoms with van der Waals surface area (Å²) in [5, 5.41) is 3.05. The van der Waals surface area contributed by atoms with Gasteiger partial charge in [-0.15, -0.1) is 0 Å². The van der Waals surface area contributed by atoms with Crippen molar-refractivity contribution in [2.75, 3.05) is 7.05 Å². The van der Waals surface area contributed by atoms with E-state index in [4.69, 9.17) is 4.42 Å². The standard InChI is InChI=1S/C11H15N3O3/c1-6-5-12-10(17-6)7(2)13-8-4-9(15)14(3)11(8)16/h5,7-8,13H,4H2,1-3H3. The molecule has 0 aliphatic carbocycles. The largest absolute Gasteiger partial charge is 0.444 e. The number of likely N-dealkylation sites (tertiary alicyclic amines) is 1. The van der Waals surface area contributed by atoms with Gasteiger partial charge in [0.15, 0.2) is 0 Å². The summed E-state index contributed by atoms with van der Waals surface area (Å²) in [6.45, 7) is 3.66. The Hall–Kier alpha value is -1.69. The molecule has 0 radical (unpaired) electrons. The average molecular weight is 237 g/mol. The lowest BCUT2D eigenvalue weighted by atomic mass is 10.2. The first-order chi connectivity index (χ1) is 7.99. The lowest BCUT2D eigenvalue weighted by Crippen LogP contribution is -2.38. The highest BCUT2D eigenvalue weighted by atomic mass is 16.4. The number of likely N-dealkylation sites (N-methyl/N-ethyl adjacent to an activating group) is 1. The first-order valence-electron chi connectivity index (χ1n) is 5.48. The van der Waals surface area contributed by atoms with Crippen LogP contribution in [0.3, 0.4) is 0 Å². The number of oxazole rings is 1. The average Bonchev–Trinajstić information content (AvgIpc) is 2.80. The van der Waals surface area contributed by atoms with Gasteiger partial charge in [0.25, 0.3) is 0 Å². The van der Waals surface area contributed by atoms with Gasteiger partial charge in [-0.05, 0) is 13.8 Å². The second-order valence-corrected chi connectivity index (χ2v) is 4.25. The molecular weight excluding hydrogens is 222 g/mol. The minimum absolute atomic E-state index is 0.164. The van der Waals surface area contributed by atoms with Crippen LogP contribution in [-0.4, -0.2) is 34.8 Å². The van der Waals surface area contributed by atoms with E-state index in [0.717, 1.165) is 10.7 Å². The minimum Gasteiger partial charge on any atom is -0.444 e. The van der Waals surface area contributed by atoms with Crippen LogP contribution in [0.15, 0.2) is 10.6 Å². The smallest absolute Gasteiger partial charge is 0.246 e. The molecular formula is C11H15N3O3. The fraction of sp³-hybridized carbons (Fsp3) is 0.545. The molecule has 2 rings (SSSR count). The van der Waals surface area contributed by atoms with Crippen LogP contribution in [0.4, 0.5) is 0 Å². The molecule has 1 saturated heterocycles. The van der Waals surface area contributed by atoms with Crippen molar-refractivity contribution in [2.45, 2.75) is 32.4 Å². The number of carbonyl (C=O) groups is 2. The molecule has 1 aromatic heterocycles. The summed E-state index contributed by atoms with van der Waals surface area (Å²) < 4.78 is 5.36. The lowest BCUT2D eigenvalue weighted by molar-refractivity contribution is -0.137. The Kier molecular flexibility index (Phi) is 2.97. The Labute approximate surface area is 99.0 Å². The molecule has 1 aliphatic heterocycles. The number of aromatic nitrogens is 1. The molecule has 2 atom stereocenters. The number of nitrogens with zero attached hydrogens (tertiary/aromatic N) is 2. The highest BCUT2D eigenvalue weighted by Crippen LogP contribution is 2.17. The highest BCUT2D eigenvalue weighted by molar-refractivity contribution is 6.05. The Morgan fingerprint density at radius 1 is 1.59 bits per heavy atom. The molecule has 2 amide bonds. The van der Waals surface area contributed by atoms with Crippen molar-refractivity contribution in [3.8, 4) is 0 Å². The van der Waals surface area contributed by atoms with E-state index < -0.39 is 6.04 Å². The number of rotatable bonds is 3. The molecule has 2 unspecified atom stereocenters. The van der Waals surface area contributed by atoms with Gasteiger partial charge >= 0.3 is 0 Å². The van der Waals surface area contributed by atoms with Gasteiger partial charge in [0.05, 0.1) is 24.7 Å². The Morgan fingerprint density at radius 3 is 2.76 bits per heavy atom. The van der Waals surface area contributed by atoms with E-state index in [1.807, 2.05) is 6.92 Å². The molecule has 92 valence electrons. The molecule has 17 heavy (non-hydrogen) atoms. The van der Waals surface area contributed by atoms with Gasteiger partial charge in [0.1, 0.15) is 5.76 Å². The third-order valence-corrected chi connectivity index (χ3v) is 2.84. The van der Waals surface area contributed by atoms with Crippen molar-refractivity contribution >= 4 is 11.8 Å². The van der Waals surface area contributed by atoms with Gasteiger partial charge < -0.3 is 4.42 Å². The topological polar surface area (TPSA) is 75.4 Å². The van der Waals surface area contributed by atoms with Gasteiger partial charge in [-0.3, -0.25) is 19.8 Å². The van der Waals surface area contributed by atoms with Crippen molar-refractivity contribution in [1.82, 2.24) is 15.2 Å². The molecule has 1 aliphatic rings. The summed E-state index contributed by atoms with van der Waals surface area (Å²) in [4.78, 5) is 28.2. The molecule has 6 heteroatoms. The monoisotopic (exact) mass is 237 g/mol. The molecule has 6 nitrogen and oxygen atoms in total. The second kappa shape index (κ2) is 4.29. The van der Waals surface area contributed by atoms with Gasteiger partial charge in [-0.25, -0.2) is 4.98 Å². The Morgan fingerprint density at radius 2 is 2.29 bits per heavy atom. The van der Waals surface area contributed by atoms with E-state index in [1.54, 1.807) is 13.1 Å². The van der Waals surface area contributed by atoms with Crippen molar-refractivity contribution in [1.29, 1.82) is 0 Å². The normalized spacial score (nSPS) is 22.3. The maximum absolute atomic E-state index is 11.7. The predicted molar refractivity (Wildman–Crippen MR) is 59.0 cm³/mol. The third kappa shape index (κ3) is 2.21. The van der Waals surface area contributed by atoms with Crippen LogP contribution in [0, 0.1) is 6.92 Å². The van der Waals surface area contributed by atoms with Crippen LogP contribution in [0.5, 0.6) is 0 Å². The van der Waals surface area contributed by atoms with E-state index >= 15 is 0 Å². The Balaban J connectivity index is 2.02. The second-order valence-electron chi connectivity index (χ2n) is 4.25. The predicted octanol–water partition coefficient (Wildman–Crippen LogP) is 0.391. The number of hydrogen-bond donors (Lipinski definition) is 1. The molecule has 0 saturated carbocycles. The number of amides is 2. The Bertz CT molecular complexity index is 455. The summed E-state index contributed by atoms with van der Waals surface area (Å²) in [5.74, 6) is 0.880. The van der Waals surface area contributed by atoms with Gasteiger partial charge in [-0.1, -0.05) is 0 Å². The number of nitrogens with one attached hydrogen (secondary N) is 1. The number of carbonyl (C=O) groups excluding carboxylic acids is 2. The lowest BCUT2D eigenvalue weighted by Gasteiger charge is -2.14. The van der Waals surface area contributed by atoms with Gasteiger partial charge in [0.2, 0.25) is 17.7 Å². The summed E-state index contributed by atoms with van der Waals surface area (Å²) in [6, 6.07) is -0.674. The van der Waals surface area contributed by atoms with Crippen LogP contribution < -0.4 is 5.32 Å². The molecule has 0 aromatic carbocycles. The molecule has 1 fully saturated rings. The van der Waals surface area contributed by atoms with Crippen molar-refractivity contribution < 1.29 is 14.0 Å². The van der Waals surface area contributed by atoms with Crippen LogP contribution in [0.2, 0.25) is 0 Å². The molecule has 0 bridgehead atoms. The van der Waals surface area contributed by atoms with Gasteiger partial charge in [0, 0.05) is 7.05 Å². The summed E-state index contributed by atoms with van der Waals surface area (Å²) in [6.07, 6.45) is 1.82. The van der Waals surface area contributed by atoms with Crippen LogP contribution in [0.25, 0.3) is 0 Å². The molecule has 0 spiro atoms. The van der Waals surface area contributed by atoms with Crippen LogP contribution in [-0.2, 0) is 9.59 Å². The van der Waals surface area contributed by atoms with Crippen molar-refractivity contribution in [3.63, 3.8) is 0 Å². The first kappa shape index (κ1) is 11.8. The fourth-order valence-electron chi connectivity index (χ4n) is 1.83. The zero-order chi connectivity index (χ0) is 12.6. The van der Waals surface area contributed by atoms with E-state index in [9.17, 15) is 9.59 Å². The highest BCUT2D eigenvalue weighted by Gasteiger charge is 2.37. The quantitative estimate of drug-likeness (QED) is 0.770. The molecule has 2 heterocycles. The molecule has 1 N–H and O–H groups in total.